The van der Waals surface area contributed by atoms with Gasteiger partial charge in [0.15, 0.2) is 5.82 Å². The van der Waals surface area contributed by atoms with Crippen molar-refractivity contribution in [2.45, 2.75) is 31.9 Å². The molecule has 0 spiro atoms. The van der Waals surface area contributed by atoms with E-state index in [2.05, 4.69) is 14.9 Å². The number of hydrogen-bond donors (Lipinski definition) is 2. The second kappa shape index (κ2) is 5.37. The Hall–Kier alpha value is -1.29. The topological polar surface area (TPSA) is 105 Å². The molecule has 2 rings (SSSR count). The van der Waals surface area contributed by atoms with Gasteiger partial charge in [-0.3, -0.25) is 0 Å². The first-order valence-corrected chi connectivity index (χ1v) is 7.71. The lowest BCUT2D eigenvalue weighted by Crippen LogP contribution is -2.23. The molecule has 0 amide bonds. The van der Waals surface area contributed by atoms with Crippen LogP contribution in [0.15, 0.2) is 15.5 Å². The van der Waals surface area contributed by atoms with Crippen molar-refractivity contribution in [1.29, 1.82) is 0 Å². The van der Waals surface area contributed by atoms with Crippen LogP contribution in [0.25, 0.3) is 0 Å². The Kier molecular flexibility index (Phi) is 3.99. The number of thiophene rings is 1. The molecule has 0 aliphatic rings. The first-order valence-electron chi connectivity index (χ1n) is 5.41. The summed E-state index contributed by atoms with van der Waals surface area (Å²) >= 11 is 1.25. The summed E-state index contributed by atoms with van der Waals surface area (Å²) in [6.07, 6.45) is 0. The third-order valence-corrected chi connectivity index (χ3v) is 5.04. The van der Waals surface area contributed by atoms with E-state index in [0.29, 0.717) is 15.6 Å². The van der Waals surface area contributed by atoms with Gasteiger partial charge in [-0.15, -0.1) is 11.3 Å². The summed E-state index contributed by atoms with van der Waals surface area (Å²) in [5.41, 5.74) is 0. The highest BCUT2D eigenvalue weighted by atomic mass is 32.2. The second-order valence-corrected chi connectivity index (χ2v) is 6.93. The van der Waals surface area contributed by atoms with Crippen molar-refractivity contribution in [3.63, 3.8) is 0 Å². The van der Waals surface area contributed by atoms with Crippen LogP contribution in [-0.4, -0.2) is 23.7 Å². The minimum absolute atomic E-state index is 0.0626. The van der Waals surface area contributed by atoms with Crippen molar-refractivity contribution in [2.75, 3.05) is 0 Å². The molecule has 0 saturated heterocycles. The molecule has 2 aromatic rings. The van der Waals surface area contributed by atoms with Gasteiger partial charge in [0.05, 0.1) is 18.0 Å². The quantitative estimate of drug-likeness (QED) is 0.843. The van der Waals surface area contributed by atoms with Gasteiger partial charge in [0.25, 0.3) is 0 Å². The Balaban J connectivity index is 2.15. The molecule has 7 nitrogen and oxygen atoms in total. The van der Waals surface area contributed by atoms with Crippen LogP contribution in [-0.2, 0) is 23.2 Å². The van der Waals surface area contributed by atoms with Crippen LogP contribution in [0.3, 0.4) is 0 Å². The van der Waals surface area contributed by atoms with E-state index in [1.165, 1.54) is 17.4 Å². The van der Waals surface area contributed by atoms with Crippen molar-refractivity contribution >= 4 is 21.4 Å². The van der Waals surface area contributed by atoms with E-state index in [9.17, 15) is 8.42 Å². The Morgan fingerprint density at radius 1 is 1.47 bits per heavy atom. The van der Waals surface area contributed by atoms with E-state index < -0.39 is 10.0 Å². The lowest BCUT2D eigenvalue weighted by molar-refractivity contribution is 0.285. The smallest absolute Gasteiger partial charge is 0.242 e. The lowest BCUT2D eigenvalue weighted by Gasteiger charge is -2.03. The van der Waals surface area contributed by atoms with E-state index in [4.69, 9.17) is 9.63 Å². The van der Waals surface area contributed by atoms with Crippen LogP contribution in [0.5, 0.6) is 0 Å². The highest BCUT2D eigenvalue weighted by Crippen LogP contribution is 2.25. The SMILES string of the molecule is Cc1noc(CNS(=O)(=O)c2cc(CO)sc2C)n1. The van der Waals surface area contributed by atoms with Gasteiger partial charge in [0.1, 0.15) is 0 Å². The molecular weight excluding hydrogens is 290 g/mol. The molecular formula is C10H13N3O4S2. The molecule has 0 saturated carbocycles. The first kappa shape index (κ1) is 14.1. The Bertz CT molecular complexity index is 675. The van der Waals surface area contributed by atoms with Crippen molar-refractivity contribution < 1.29 is 18.0 Å². The molecule has 0 aliphatic heterocycles. The van der Waals surface area contributed by atoms with Crippen LogP contribution in [0.1, 0.15) is 21.5 Å². The Morgan fingerprint density at radius 3 is 2.74 bits per heavy atom. The van der Waals surface area contributed by atoms with Crippen molar-refractivity contribution in [2.24, 2.45) is 0 Å². The molecule has 0 bridgehead atoms. The fourth-order valence-corrected chi connectivity index (χ4v) is 3.98. The number of aliphatic hydroxyl groups is 1. The predicted molar refractivity (Wildman–Crippen MR) is 68.0 cm³/mol. The highest BCUT2D eigenvalue weighted by Gasteiger charge is 2.20. The van der Waals surface area contributed by atoms with E-state index in [1.807, 2.05) is 0 Å². The third kappa shape index (κ3) is 3.18. The molecule has 0 unspecified atom stereocenters. The van der Waals surface area contributed by atoms with Gasteiger partial charge in [0.2, 0.25) is 15.9 Å². The van der Waals surface area contributed by atoms with Crippen LogP contribution in [0, 0.1) is 13.8 Å². The summed E-state index contributed by atoms with van der Waals surface area (Å²) < 4.78 is 31.4. The summed E-state index contributed by atoms with van der Waals surface area (Å²) in [5.74, 6) is 0.653. The Morgan fingerprint density at radius 2 is 2.21 bits per heavy atom. The van der Waals surface area contributed by atoms with E-state index in [0.717, 1.165) is 0 Å². The number of rotatable bonds is 5. The monoisotopic (exact) mass is 303 g/mol. The second-order valence-electron chi connectivity index (χ2n) is 3.85. The number of aromatic nitrogens is 2. The molecule has 0 aliphatic carbocycles. The number of aliphatic hydroxyl groups excluding tert-OH is 1. The summed E-state index contributed by atoms with van der Waals surface area (Å²) in [6.45, 7) is 3.10. The summed E-state index contributed by atoms with van der Waals surface area (Å²) in [6, 6.07) is 1.46. The molecule has 2 aromatic heterocycles. The van der Waals surface area contributed by atoms with E-state index in [-0.39, 0.29) is 23.9 Å². The van der Waals surface area contributed by atoms with Crippen LogP contribution in [0.4, 0.5) is 0 Å². The fourth-order valence-electron chi connectivity index (χ4n) is 1.52. The van der Waals surface area contributed by atoms with Gasteiger partial charge in [-0.2, -0.15) is 4.98 Å². The largest absolute Gasteiger partial charge is 0.391 e. The summed E-state index contributed by atoms with van der Waals surface area (Å²) in [4.78, 5) is 5.30. The lowest BCUT2D eigenvalue weighted by atomic mass is 10.4. The van der Waals surface area contributed by atoms with E-state index in [1.54, 1.807) is 13.8 Å². The molecule has 0 aromatic carbocycles. The molecule has 0 fully saturated rings. The van der Waals surface area contributed by atoms with Crippen molar-refractivity contribution in [3.8, 4) is 0 Å². The van der Waals surface area contributed by atoms with Gasteiger partial charge in [-0.05, 0) is 19.9 Å². The summed E-state index contributed by atoms with van der Waals surface area (Å²) in [5, 5.41) is 12.6. The van der Waals surface area contributed by atoms with E-state index >= 15 is 0 Å². The number of sulfonamides is 1. The normalized spacial score (nSPS) is 11.9. The number of aryl methyl sites for hydroxylation is 2. The maximum atomic E-state index is 12.1. The molecule has 9 heteroatoms. The maximum Gasteiger partial charge on any atom is 0.242 e. The summed E-state index contributed by atoms with van der Waals surface area (Å²) in [7, 11) is -3.65. The average molecular weight is 303 g/mol. The average Bonchev–Trinajstić information content (AvgIpc) is 2.93. The fraction of sp³-hybridized carbons (Fsp3) is 0.400. The van der Waals surface area contributed by atoms with Crippen molar-refractivity contribution in [3.05, 3.63) is 27.5 Å². The predicted octanol–water partition coefficient (Wildman–Crippen LogP) is 0.719. The van der Waals surface area contributed by atoms with Gasteiger partial charge >= 0.3 is 0 Å². The molecule has 19 heavy (non-hydrogen) atoms. The molecule has 0 atom stereocenters. The zero-order valence-electron chi connectivity index (χ0n) is 10.4. The highest BCUT2D eigenvalue weighted by molar-refractivity contribution is 7.89. The van der Waals surface area contributed by atoms with Crippen molar-refractivity contribution in [1.82, 2.24) is 14.9 Å². The standard InChI is InChI=1S/C10H13N3O4S2/c1-6-9(3-8(5-14)18-6)19(15,16)11-4-10-12-7(2)13-17-10/h3,11,14H,4-5H2,1-2H3. The maximum absolute atomic E-state index is 12.1. The third-order valence-electron chi connectivity index (χ3n) is 2.35. The van der Waals surface area contributed by atoms with Gasteiger partial charge in [0, 0.05) is 9.75 Å². The van der Waals surface area contributed by atoms with Gasteiger partial charge in [-0.1, -0.05) is 5.16 Å². The first-order chi connectivity index (χ1) is 8.92. The zero-order valence-corrected chi connectivity index (χ0v) is 12.0. The van der Waals surface area contributed by atoms with Crippen LogP contribution < -0.4 is 4.72 Å². The Labute approximate surface area is 114 Å². The van der Waals surface area contributed by atoms with Crippen LogP contribution >= 0.6 is 11.3 Å². The van der Waals surface area contributed by atoms with Gasteiger partial charge < -0.3 is 9.63 Å². The minimum Gasteiger partial charge on any atom is -0.391 e. The number of nitrogens with zero attached hydrogens (tertiary/aromatic N) is 2. The van der Waals surface area contributed by atoms with Gasteiger partial charge in [-0.25, -0.2) is 13.1 Å². The molecule has 2 heterocycles. The zero-order chi connectivity index (χ0) is 14.0. The molecule has 104 valence electrons. The minimum atomic E-state index is -3.65. The number of nitrogens with one attached hydrogen (secondary N) is 1. The van der Waals surface area contributed by atoms with Crippen LogP contribution in [0.2, 0.25) is 0 Å². The molecule has 2 N–H and O–H groups in total. The molecule has 0 radical (unpaired) electrons. The number of hydrogen-bond acceptors (Lipinski definition) is 7.